The summed E-state index contributed by atoms with van der Waals surface area (Å²) in [6, 6.07) is 0. The molecule has 2 heterocycles. The lowest BCUT2D eigenvalue weighted by molar-refractivity contribution is -0.112. The second-order valence-electron chi connectivity index (χ2n) is 5.78. The molecular weight excluding hydrogens is 200 g/mol. The van der Waals surface area contributed by atoms with E-state index in [4.69, 9.17) is 4.74 Å². The monoisotopic (exact) mass is 226 g/mol. The zero-order valence-corrected chi connectivity index (χ0v) is 11.0. The molecule has 2 fully saturated rings. The number of hydrogen-bond acceptors (Lipinski definition) is 3. The quantitative estimate of drug-likeness (QED) is 0.792. The van der Waals surface area contributed by atoms with Gasteiger partial charge in [-0.15, -0.1) is 0 Å². The molecule has 0 spiro atoms. The topological polar surface area (TPSA) is 24.5 Å². The van der Waals surface area contributed by atoms with Crippen LogP contribution in [0.3, 0.4) is 0 Å². The molecule has 0 saturated carbocycles. The SMILES string of the molecule is CCN1CCC(CC2(C)NCC(C)CO2)C1. The van der Waals surface area contributed by atoms with Crippen molar-refractivity contribution in [3.63, 3.8) is 0 Å². The van der Waals surface area contributed by atoms with E-state index in [1.54, 1.807) is 0 Å². The molecule has 3 nitrogen and oxygen atoms in total. The van der Waals surface area contributed by atoms with Crippen LogP contribution in [0.4, 0.5) is 0 Å². The Morgan fingerprint density at radius 3 is 2.88 bits per heavy atom. The lowest BCUT2D eigenvalue weighted by Crippen LogP contribution is -2.53. The van der Waals surface area contributed by atoms with E-state index < -0.39 is 0 Å². The first-order valence-electron chi connectivity index (χ1n) is 6.72. The molecule has 0 aromatic rings. The van der Waals surface area contributed by atoms with Crippen LogP contribution in [0.2, 0.25) is 0 Å². The lowest BCUT2D eigenvalue weighted by Gasteiger charge is -2.39. The number of likely N-dealkylation sites (tertiary alicyclic amines) is 1. The van der Waals surface area contributed by atoms with Gasteiger partial charge in [0, 0.05) is 13.1 Å². The van der Waals surface area contributed by atoms with Crippen LogP contribution in [0.15, 0.2) is 0 Å². The Labute approximate surface area is 99.5 Å². The van der Waals surface area contributed by atoms with Crippen LogP contribution in [0.1, 0.15) is 33.6 Å². The Hall–Kier alpha value is -0.120. The summed E-state index contributed by atoms with van der Waals surface area (Å²) >= 11 is 0. The molecule has 0 aliphatic carbocycles. The fourth-order valence-electron chi connectivity index (χ4n) is 2.87. The molecule has 94 valence electrons. The van der Waals surface area contributed by atoms with Crippen molar-refractivity contribution in [2.45, 2.75) is 39.3 Å². The molecule has 1 N–H and O–H groups in total. The average molecular weight is 226 g/mol. The predicted molar refractivity (Wildman–Crippen MR) is 66.4 cm³/mol. The number of rotatable bonds is 3. The molecule has 3 heteroatoms. The van der Waals surface area contributed by atoms with Crippen LogP contribution in [0.25, 0.3) is 0 Å². The van der Waals surface area contributed by atoms with Gasteiger partial charge in [0.05, 0.1) is 6.61 Å². The maximum absolute atomic E-state index is 5.98. The van der Waals surface area contributed by atoms with E-state index in [0.717, 1.165) is 25.5 Å². The van der Waals surface area contributed by atoms with Gasteiger partial charge in [0.25, 0.3) is 0 Å². The third kappa shape index (κ3) is 2.96. The van der Waals surface area contributed by atoms with E-state index in [9.17, 15) is 0 Å². The normalized spacial score (nSPS) is 41.4. The van der Waals surface area contributed by atoms with E-state index in [0.29, 0.717) is 5.92 Å². The van der Waals surface area contributed by atoms with Crippen molar-refractivity contribution in [1.29, 1.82) is 0 Å². The molecule has 16 heavy (non-hydrogen) atoms. The smallest absolute Gasteiger partial charge is 0.116 e. The van der Waals surface area contributed by atoms with Gasteiger partial charge < -0.3 is 9.64 Å². The fraction of sp³-hybridized carbons (Fsp3) is 1.00. The highest BCUT2D eigenvalue weighted by Gasteiger charge is 2.34. The highest BCUT2D eigenvalue weighted by atomic mass is 16.5. The Morgan fingerprint density at radius 1 is 1.50 bits per heavy atom. The molecule has 2 aliphatic heterocycles. The van der Waals surface area contributed by atoms with Gasteiger partial charge >= 0.3 is 0 Å². The van der Waals surface area contributed by atoms with Gasteiger partial charge in [0.2, 0.25) is 0 Å². The summed E-state index contributed by atoms with van der Waals surface area (Å²) in [5, 5.41) is 3.56. The average Bonchev–Trinajstić information content (AvgIpc) is 2.70. The maximum atomic E-state index is 5.98. The van der Waals surface area contributed by atoms with Gasteiger partial charge in [0.15, 0.2) is 0 Å². The molecule has 0 radical (unpaired) electrons. The molecule has 2 rings (SSSR count). The molecule has 0 aromatic carbocycles. The first-order valence-corrected chi connectivity index (χ1v) is 6.72. The number of nitrogens with one attached hydrogen (secondary N) is 1. The van der Waals surface area contributed by atoms with E-state index in [1.807, 2.05) is 0 Å². The zero-order chi connectivity index (χ0) is 11.6. The molecule has 0 bridgehead atoms. The standard InChI is InChI=1S/C13H26N2O/c1-4-15-6-5-12(9-15)7-13(3)14-8-11(2)10-16-13/h11-12,14H,4-10H2,1-3H3. The highest BCUT2D eigenvalue weighted by molar-refractivity contribution is 4.85. The maximum Gasteiger partial charge on any atom is 0.116 e. The van der Waals surface area contributed by atoms with Gasteiger partial charge in [-0.05, 0) is 44.7 Å². The molecule has 0 amide bonds. The summed E-state index contributed by atoms with van der Waals surface area (Å²) in [4.78, 5) is 2.54. The second-order valence-corrected chi connectivity index (χ2v) is 5.78. The predicted octanol–water partition coefficient (Wildman–Crippen LogP) is 1.69. The van der Waals surface area contributed by atoms with Gasteiger partial charge in [-0.3, -0.25) is 5.32 Å². The van der Waals surface area contributed by atoms with Crippen LogP contribution < -0.4 is 5.32 Å². The van der Waals surface area contributed by atoms with Crippen LogP contribution in [-0.2, 0) is 4.74 Å². The van der Waals surface area contributed by atoms with Gasteiger partial charge in [-0.2, -0.15) is 0 Å². The minimum atomic E-state index is -0.0685. The highest BCUT2D eigenvalue weighted by Crippen LogP contribution is 2.28. The van der Waals surface area contributed by atoms with Crippen molar-refractivity contribution in [2.24, 2.45) is 11.8 Å². The second kappa shape index (κ2) is 5.03. The largest absolute Gasteiger partial charge is 0.361 e. The van der Waals surface area contributed by atoms with Crippen LogP contribution >= 0.6 is 0 Å². The Morgan fingerprint density at radius 2 is 2.31 bits per heavy atom. The summed E-state index contributed by atoms with van der Waals surface area (Å²) < 4.78 is 5.98. The summed E-state index contributed by atoms with van der Waals surface area (Å²) in [6.07, 6.45) is 2.50. The van der Waals surface area contributed by atoms with E-state index in [1.165, 1.54) is 26.1 Å². The number of hydrogen-bond donors (Lipinski definition) is 1. The summed E-state index contributed by atoms with van der Waals surface area (Å²) in [7, 11) is 0. The summed E-state index contributed by atoms with van der Waals surface area (Å²) in [6.45, 7) is 12.4. The van der Waals surface area contributed by atoms with Crippen molar-refractivity contribution >= 4 is 0 Å². The molecule has 3 atom stereocenters. The van der Waals surface area contributed by atoms with Gasteiger partial charge in [0.1, 0.15) is 5.72 Å². The number of nitrogens with zero attached hydrogens (tertiary/aromatic N) is 1. The molecule has 0 aromatic heterocycles. The minimum Gasteiger partial charge on any atom is -0.361 e. The minimum absolute atomic E-state index is 0.0685. The first-order chi connectivity index (χ1) is 7.61. The van der Waals surface area contributed by atoms with Gasteiger partial charge in [-0.1, -0.05) is 13.8 Å². The Bertz CT molecular complexity index is 224. The third-order valence-corrected chi connectivity index (χ3v) is 4.01. The zero-order valence-electron chi connectivity index (χ0n) is 11.0. The lowest BCUT2D eigenvalue weighted by atomic mass is 9.95. The van der Waals surface area contributed by atoms with E-state index in [-0.39, 0.29) is 5.72 Å². The molecule has 2 saturated heterocycles. The van der Waals surface area contributed by atoms with Crippen molar-refractivity contribution < 1.29 is 4.74 Å². The molecular formula is C13H26N2O. The Balaban J connectivity index is 1.80. The first kappa shape index (κ1) is 12.3. The van der Waals surface area contributed by atoms with Crippen LogP contribution in [-0.4, -0.2) is 43.4 Å². The van der Waals surface area contributed by atoms with Crippen LogP contribution in [0, 0.1) is 11.8 Å². The Kier molecular flexibility index (Phi) is 3.88. The molecule has 3 unspecified atom stereocenters. The third-order valence-electron chi connectivity index (χ3n) is 4.01. The van der Waals surface area contributed by atoms with Crippen molar-refractivity contribution in [3.05, 3.63) is 0 Å². The van der Waals surface area contributed by atoms with Crippen molar-refractivity contribution in [1.82, 2.24) is 10.2 Å². The number of ether oxygens (including phenoxy) is 1. The van der Waals surface area contributed by atoms with E-state index >= 15 is 0 Å². The molecule has 2 aliphatic rings. The van der Waals surface area contributed by atoms with Gasteiger partial charge in [-0.25, -0.2) is 0 Å². The van der Waals surface area contributed by atoms with Crippen molar-refractivity contribution in [2.75, 3.05) is 32.8 Å². The summed E-state index contributed by atoms with van der Waals surface area (Å²) in [5.41, 5.74) is -0.0685. The summed E-state index contributed by atoms with van der Waals surface area (Å²) in [5.74, 6) is 1.47. The van der Waals surface area contributed by atoms with Crippen molar-refractivity contribution in [3.8, 4) is 0 Å². The van der Waals surface area contributed by atoms with E-state index in [2.05, 4.69) is 31.0 Å². The van der Waals surface area contributed by atoms with Crippen LogP contribution in [0.5, 0.6) is 0 Å². The fourth-order valence-corrected chi connectivity index (χ4v) is 2.87.